The summed E-state index contributed by atoms with van der Waals surface area (Å²) in [4.78, 5) is 4.50. The lowest BCUT2D eigenvalue weighted by atomic mass is 10.1. The van der Waals surface area contributed by atoms with Crippen LogP contribution in [-0.2, 0) is 6.54 Å². The van der Waals surface area contributed by atoms with Crippen molar-refractivity contribution in [1.29, 1.82) is 5.26 Å². The summed E-state index contributed by atoms with van der Waals surface area (Å²) in [5.41, 5.74) is 8.41. The fraction of sp³-hybridized carbons (Fsp3) is 0.286. The van der Waals surface area contributed by atoms with Crippen molar-refractivity contribution in [1.82, 2.24) is 9.55 Å². The standard InChI is InChI=1S/C14H16N4/c1-3-7-18-10(2)17-13(14(18)16)12-6-4-5-11(8-12)9-15/h4-6,8H,3,7,16H2,1-2H3. The van der Waals surface area contributed by atoms with Gasteiger partial charge in [-0.25, -0.2) is 4.98 Å². The highest BCUT2D eigenvalue weighted by Gasteiger charge is 2.13. The van der Waals surface area contributed by atoms with Gasteiger partial charge in [-0.3, -0.25) is 0 Å². The summed E-state index contributed by atoms with van der Waals surface area (Å²) in [5.74, 6) is 1.58. The minimum absolute atomic E-state index is 0.620. The summed E-state index contributed by atoms with van der Waals surface area (Å²) >= 11 is 0. The van der Waals surface area contributed by atoms with Gasteiger partial charge in [-0.2, -0.15) is 5.26 Å². The first-order valence-electron chi connectivity index (χ1n) is 6.00. The van der Waals surface area contributed by atoms with Gasteiger partial charge >= 0.3 is 0 Å². The highest BCUT2D eigenvalue weighted by Crippen LogP contribution is 2.26. The minimum Gasteiger partial charge on any atom is -0.383 e. The molecule has 4 heteroatoms. The number of aryl methyl sites for hydroxylation is 1. The molecule has 2 N–H and O–H groups in total. The van der Waals surface area contributed by atoms with Crippen molar-refractivity contribution in [2.75, 3.05) is 5.73 Å². The topological polar surface area (TPSA) is 67.6 Å². The van der Waals surface area contributed by atoms with Gasteiger partial charge in [0.25, 0.3) is 0 Å². The zero-order chi connectivity index (χ0) is 13.1. The SMILES string of the molecule is CCCn1c(C)nc(-c2cccc(C#N)c2)c1N. The van der Waals surface area contributed by atoms with E-state index in [1.54, 1.807) is 6.07 Å². The van der Waals surface area contributed by atoms with E-state index < -0.39 is 0 Å². The number of hydrogen-bond acceptors (Lipinski definition) is 3. The molecule has 92 valence electrons. The van der Waals surface area contributed by atoms with Crippen LogP contribution in [0.15, 0.2) is 24.3 Å². The molecule has 1 aromatic carbocycles. The molecule has 0 radical (unpaired) electrons. The number of nitrogens with zero attached hydrogens (tertiary/aromatic N) is 3. The van der Waals surface area contributed by atoms with Crippen LogP contribution in [0.3, 0.4) is 0 Å². The summed E-state index contributed by atoms with van der Waals surface area (Å²) < 4.78 is 2.01. The molecule has 0 unspecified atom stereocenters. The predicted octanol–water partition coefficient (Wildman–Crippen LogP) is 2.72. The largest absolute Gasteiger partial charge is 0.383 e. The van der Waals surface area contributed by atoms with Crippen molar-refractivity contribution < 1.29 is 0 Å². The van der Waals surface area contributed by atoms with Crippen LogP contribution in [0.25, 0.3) is 11.3 Å². The van der Waals surface area contributed by atoms with E-state index in [4.69, 9.17) is 11.0 Å². The molecule has 4 nitrogen and oxygen atoms in total. The summed E-state index contributed by atoms with van der Waals surface area (Å²) in [7, 11) is 0. The first-order chi connectivity index (χ1) is 8.67. The molecular formula is C14H16N4. The number of nitrogens with two attached hydrogens (primary N) is 1. The molecule has 1 heterocycles. The van der Waals surface area contributed by atoms with Crippen LogP contribution in [0.4, 0.5) is 5.82 Å². The molecule has 2 rings (SSSR count). The highest BCUT2D eigenvalue weighted by molar-refractivity contribution is 5.72. The van der Waals surface area contributed by atoms with E-state index in [2.05, 4.69) is 18.0 Å². The normalized spacial score (nSPS) is 10.3. The van der Waals surface area contributed by atoms with Gasteiger partial charge in [-0.15, -0.1) is 0 Å². The Kier molecular flexibility index (Phi) is 3.33. The lowest BCUT2D eigenvalue weighted by Gasteiger charge is -2.05. The second-order valence-corrected chi connectivity index (χ2v) is 4.24. The van der Waals surface area contributed by atoms with Crippen molar-refractivity contribution >= 4 is 5.82 Å². The number of nitriles is 1. The van der Waals surface area contributed by atoms with Gasteiger partial charge in [0.1, 0.15) is 17.3 Å². The molecular weight excluding hydrogens is 224 g/mol. The van der Waals surface area contributed by atoms with Crippen LogP contribution in [-0.4, -0.2) is 9.55 Å². The van der Waals surface area contributed by atoms with E-state index >= 15 is 0 Å². The monoisotopic (exact) mass is 240 g/mol. The summed E-state index contributed by atoms with van der Waals surface area (Å²) in [5, 5.41) is 8.92. The van der Waals surface area contributed by atoms with Crippen molar-refractivity contribution in [2.45, 2.75) is 26.8 Å². The van der Waals surface area contributed by atoms with Gasteiger partial charge in [0, 0.05) is 12.1 Å². The second-order valence-electron chi connectivity index (χ2n) is 4.24. The van der Waals surface area contributed by atoms with E-state index in [1.165, 1.54) is 0 Å². The zero-order valence-corrected chi connectivity index (χ0v) is 10.6. The Morgan fingerprint density at radius 3 is 2.89 bits per heavy atom. The van der Waals surface area contributed by atoms with Gasteiger partial charge in [0.05, 0.1) is 11.6 Å². The van der Waals surface area contributed by atoms with E-state index in [0.29, 0.717) is 11.4 Å². The maximum absolute atomic E-state index is 8.92. The number of anilines is 1. The number of nitrogen functional groups attached to an aromatic ring is 1. The van der Waals surface area contributed by atoms with Crippen LogP contribution < -0.4 is 5.73 Å². The molecule has 0 aliphatic heterocycles. The van der Waals surface area contributed by atoms with Gasteiger partial charge in [-0.05, 0) is 25.5 Å². The Morgan fingerprint density at radius 1 is 1.44 bits per heavy atom. The fourth-order valence-corrected chi connectivity index (χ4v) is 2.04. The van der Waals surface area contributed by atoms with Gasteiger partial charge in [0.2, 0.25) is 0 Å². The third-order valence-electron chi connectivity index (χ3n) is 2.91. The van der Waals surface area contributed by atoms with Gasteiger partial charge in [0.15, 0.2) is 0 Å². The molecule has 0 amide bonds. The quantitative estimate of drug-likeness (QED) is 0.896. The third-order valence-corrected chi connectivity index (χ3v) is 2.91. The Labute approximate surface area is 107 Å². The second kappa shape index (κ2) is 4.92. The van der Waals surface area contributed by atoms with Crippen molar-refractivity contribution in [2.24, 2.45) is 0 Å². The smallest absolute Gasteiger partial charge is 0.131 e. The molecule has 2 aromatic rings. The van der Waals surface area contributed by atoms with Crippen molar-refractivity contribution in [3.63, 3.8) is 0 Å². The maximum Gasteiger partial charge on any atom is 0.131 e. The summed E-state index contributed by atoms with van der Waals surface area (Å²) in [6.07, 6.45) is 1.01. The number of aromatic nitrogens is 2. The Balaban J connectivity index is 2.51. The minimum atomic E-state index is 0.620. The zero-order valence-electron chi connectivity index (χ0n) is 10.6. The highest BCUT2D eigenvalue weighted by atomic mass is 15.1. The first-order valence-corrected chi connectivity index (χ1v) is 6.00. The lowest BCUT2D eigenvalue weighted by molar-refractivity contribution is 0.665. The Morgan fingerprint density at radius 2 is 2.22 bits per heavy atom. The number of imidazole rings is 1. The molecule has 0 bridgehead atoms. The van der Waals surface area contributed by atoms with E-state index in [1.807, 2.05) is 29.7 Å². The maximum atomic E-state index is 8.92. The predicted molar refractivity (Wildman–Crippen MR) is 71.8 cm³/mol. The third kappa shape index (κ3) is 2.07. The molecule has 18 heavy (non-hydrogen) atoms. The number of rotatable bonds is 3. The van der Waals surface area contributed by atoms with E-state index in [-0.39, 0.29) is 0 Å². The summed E-state index contributed by atoms with van der Waals surface area (Å²) in [6.45, 7) is 4.92. The molecule has 0 aliphatic carbocycles. The summed E-state index contributed by atoms with van der Waals surface area (Å²) in [6, 6.07) is 9.49. The Bertz CT molecular complexity index is 605. The fourth-order valence-electron chi connectivity index (χ4n) is 2.04. The molecule has 0 aliphatic rings. The molecule has 0 spiro atoms. The Hall–Kier alpha value is -2.28. The van der Waals surface area contributed by atoms with Crippen molar-refractivity contribution in [3.8, 4) is 17.3 Å². The number of hydrogen-bond donors (Lipinski definition) is 1. The van der Waals surface area contributed by atoms with Gasteiger partial charge < -0.3 is 10.3 Å². The lowest BCUT2D eigenvalue weighted by Crippen LogP contribution is -2.04. The first kappa shape index (κ1) is 12.2. The van der Waals surface area contributed by atoms with Crippen LogP contribution in [0, 0.1) is 18.3 Å². The average Bonchev–Trinajstić information content (AvgIpc) is 2.67. The van der Waals surface area contributed by atoms with Gasteiger partial charge in [-0.1, -0.05) is 19.1 Å². The molecule has 0 atom stereocenters. The van der Waals surface area contributed by atoms with E-state index in [9.17, 15) is 0 Å². The van der Waals surface area contributed by atoms with Crippen LogP contribution in [0.2, 0.25) is 0 Å². The molecule has 0 saturated heterocycles. The molecule has 0 fully saturated rings. The van der Waals surface area contributed by atoms with Crippen molar-refractivity contribution in [3.05, 3.63) is 35.7 Å². The van der Waals surface area contributed by atoms with Crippen LogP contribution in [0.1, 0.15) is 24.7 Å². The number of benzene rings is 1. The van der Waals surface area contributed by atoms with Crippen LogP contribution in [0.5, 0.6) is 0 Å². The van der Waals surface area contributed by atoms with Crippen LogP contribution >= 0.6 is 0 Å². The molecule has 1 aromatic heterocycles. The van der Waals surface area contributed by atoms with E-state index in [0.717, 1.165) is 30.0 Å². The average molecular weight is 240 g/mol. The molecule has 0 saturated carbocycles.